The van der Waals surface area contributed by atoms with Crippen LogP contribution in [0.15, 0.2) is 18.2 Å². The molecule has 0 aliphatic carbocycles. The highest BCUT2D eigenvalue weighted by Gasteiger charge is 2.17. The van der Waals surface area contributed by atoms with Gasteiger partial charge in [-0.1, -0.05) is 6.07 Å². The van der Waals surface area contributed by atoms with Crippen LogP contribution in [0.1, 0.15) is 37.8 Å². The zero-order valence-electron chi connectivity index (χ0n) is 10.6. The molecule has 0 spiro atoms. The Morgan fingerprint density at radius 2 is 2.11 bits per heavy atom. The minimum Gasteiger partial charge on any atom is -0.381 e. The van der Waals surface area contributed by atoms with Crippen molar-refractivity contribution in [2.24, 2.45) is 0 Å². The highest BCUT2D eigenvalue weighted by Crippen LogP contribution is 2.20. The Morgan fingerprint density at radius 3 is 2.89 bits per heavy atom. The van der Waals surface area contributed by atoms with Crippen LogP contribution in [0.2, 0.25) is 0 Å². The topological polar surface area (TPSA) is 21.3 Å². The second kappa shape index (κ2) is 6.25. The molecule has 2 unspecified atom stereocenters. The number of halogens is 2. The van der Waals surface area contributed by atoms with Crippen molar-refractivity contribution in [2.45, 2.75) is 38.3 Å². The molecule has 1 fully saturated rings. The van der Waals surface area contributed by atoms with E-state index in [9.17, 15) is 8.78 Å². The van der Waals surface area contributed by atoms with Crippen molar-refractivity contribution < 1.29 is 13.5 Å². The van der Waals surface area contributed by atoms with Gasteiger partial charge in [0.1, 0.15) is 11.6 Å². The minimum atomic E-state index is -0.536. The first-order valence-corrected chi connectivity index (χ1v) is 6.45. The third kappa shape index (κ3) is 3.50. The zero-order chi connectivity index (χ0) is 13.0. The summed E-state index contributed by atoms with van der Waals surface area (Å²) in [5.74, 6) is -1.02. The van der Waals surface area contributed by atoms with Crippen LogP contribution in [0.5, 0.6) is 0 Å². The van der Waals surface area contributed by atoms with Crippen LogP contribution in [0.3, 0.4) is 0 Å². The molecule has 0 aromatic heterocycles. The SMILES string of the molecule is CC(NC1CCCOCC1)c1ccc(F)cc1F. The Labute approximate surface area is 106 Å². The first-order valence-electron chi connectivity index (χ1n) is 6.45. The molecule has 0 amide bonds. The van der Waals surface area contributed by atoms with Crippen LogP contribution < -0.4 is 5.32 Å². The average molecular weight is 255 g/mol. The van der Waals surface area contributed by atoms with Gasteiger partial charge in [0.2, 0.25) is 0 Å². The smallest absolute Gasteiger partial charge is 0.130 e. The van der Waals surface area contributed by atoms with Crippen molar-refractivity contribution in [3.05, 3.63) is 35.4 Å². The maximum atomic E-state index is 13.6. The van der Waals surface area contributed by atoms with Crippen molar-refractivity contribution in [2.75, 3.05) is 13.2 Å². The fourth-order valence-electron chi connectivity index (χ4n) is 2.37. The largest absolute Gasteiger partial charge is 0.381 e. The van der Waals surface area contributed by atoms with E-state index >= 15 is 0 Å². The van der Waals surface area contributed by atoms with Gasteiger partial charge in [-0.2, -0.15) is 0 Å². The first-order chi connectivity index (χ1) is 8.66. The zero-order valence-corrected chi connectivity index (χ0v) is 10.6. The molecule has 1 aromatic carbocycles. The van der Waals surface area contributed by atoms with Crippen LogP contribution in [-0.2, 0) is 4.74 Å². The van der Waals surface area contributed by atoms with E-state index in [0.29, 0.717) is 11.6 Å². The number of rotatable bonds is 3. The molecule has 100 valence electrons. The molecule has 1 aromatic rings. The lowest BCUT2D eigenvalue weighted by Gasteiger charge is -2.22. The van der Waals surface area contributed by atoms with Gasteiger partial charge in [0.25, 0.3) is 0 Å². The molecule has 0 saturated carbocycles. The Balaban J connectivity index is 1.99. The third-order valence-electron chi connectivity index (χ3n) is 3.37. The monoisotopic (exact) mass is 255 g/mol. The summed E-state index contributed by atoms with van der Waals surface area (Å²) < 4.78 is 31.9. The maximum absolute atomic E-state index is 13.6. The molecule has 18 heavy (non-hydrogen) atoms. The van der Waals surface area contributed by atoms with Crippen molar-refractivity contribution in [3.8, 4) is 0 Å². The van der Waals surface area contributed by atoms with Gasteiger partial charge in [-0.3, -0.25) is 0 Å². The Kier molecular flexibility index (Phi) is 4.66. The Bertz CT molecular complexity index is 389. The molecule has 0 radical (unpaired) electrons. The maximum Gasteiger partial charge on any atom is 0.130 e. The van der Waals surface area contributed by atoms with Crippen LogP contribution in [0.4, 0.5) is 8.78 Å². The molecule has 1 aliphatic heterocycles. The van der Waals surface area contributed by atoms with E-state index in [4.69, 9.17) is 4.74 Å². The minimum absolute atomic E-state index is 0.117. The summed E-state index contributed by atoms with van der Waals surface area (Å²) in [6.45, 7) is 3.45. The number of hydrogen-bond donors (Lipinski definition) is 1. The summed E-state index contributed by atoms with van der Waals surface area (Å²) in [5, 5.41) is 3.39. The average Bonchev–Trinajstić information content (AvgIpc) is 2.57. The van der Waals surface area contributed by atoms with Crippen molar-refractivity contribution >= 4 is 0 Å². The molecule has 1 aliphatic rings. The molecular formula is C14H19F2NO. The van der Waals surface area contributed by atoms with E-state index in [1.165, 1.54) is 12.1 Å². The summed E-state index contributed by atoms with van der Waals surface area (Å²) >= 11 is 0. The predicted octanol–water partition coefficient (Wildman–Crippen LogP) is 3.18. The summed E-state index contributed by atoms with van der Waals surface area (Å²) in [5.41, 5.74) is 0.515. The van der Waals surface area contributed by atoms with E-state index in [1.54, 1.807) is 0 Å². The summed E-state index contributed by atoms with van der Waals surface area (Å²) in [6.07, 6.45) is 3.00. The lowest BCUT2D eigenvalue weighted by atomic mass is 10.0. The lowest BCUT2D eigenvalue weighted by molar-refractivity contribution is 0.142. The normalized spacial score (nSPS) is 22.5. The Hall–Kier alpha value is -1.00. The summed E-state index contributed by atoms with van der Waals surface area (Å²) in [7, 11) is 0. The molecule has 1 saturated heterocycles. The third-order valence-corrected chi connectivity index (χ3v) is 3.37. The summed E-state index contributed by atoms with van der Waals surface area (Å²) in [6, 6.07) is 3.96. The second-order valence-electron chi connectivity index (χ2n) is 4.79. The van der Waals surface area contributed by atoms with Crippen LogP contribution in [0, 0.1) is 11.6 Å². The molecule has 1 N–H and O–H groups in total. The van der Waals surface area contributed by atoms with Gasteiger partial charge in [-0.15, -0.1) is 0 Å². The van der Waals surface area contributed by atoms with Gasteiger partial charge < -0.3 is 10.1 Å². The van der Waals surface area contributed by atoms with Crippen LogP contribution >= 0.6 is 0 Å². The standard InChI is InChI=1S/C14H19F2NO/c1-10(13-5-4-11(15)9-14(13)16)17-12-3-2-7-18-8-6-12/h4-5,9-10,12,17H,2-3,6-8H2,1H3. The first kappa shape index (κ1) is 13.4. The van der Waals surface area contributed by atoms with E-state index in [1.807, 2.05) is 6.92 Å². The van der Waals surface area contributed by atoms with Gasteiger partial charge in [0.15, 0.2) is 0 Å². The quantitative estimate of drug-likeness (QED) is 0.895. The molecule has 1 heterocycles. The molecule has 2 atom stereocenters. The van der Waals surface area contributed by atoms with Crippen molar-refractivity contribution in [3.63, 3.8) is 0 Å². The highest BCUT2D eigenvalue weighted by molar-refractivity contribution is 5.21. The molecular weight excluding hydrogens is 236 g/mol. The molecule has 4 heteroatoms. The molecule has 2 nitrogen and oxygen atoms in total. The van der Waals surface area contributed by atoms with E-state index < -0.39 is 11.6 Å². The number of benzene rings is 1. The van der Waals surface area contributed by atoms with Crippen molar-refractivity contribution in [1.29, 1.82) is 0 Å². The van der Waals surface area contributed by atoms with Crippen LogP contribution in [0.25, 0.3) is 0 Å². The predicted molar refractivity (Wildman–Crippen MR) is 66.4 cm³/mol. The fraction of sp³-hybridized carbons (Fsp3) is 0.571. The molecule has 2 rings (SSSR count). The number of nitrogens with one attached hydrogen (secondary N) is 1. The highest BCUT2D eigenvalue weighted by atomic mass is 19.1. The summed E-state index contributed by atoms with van der Waals surface area (Å²) in [4.78, 5) is 0. The van der Waals surface area contributed by atoms with Gasteiger partial charge >= 0.3 is 0 Å². The lowest BCUT2D eigenvalue weighted by Crippen LogP contribution is -2.32. The van der Waals surface area contributed by atoms with Crippen molar-refractivity contribution in [1.82, 2.24) is 5.32 Å². The van der Waals surface area contributed by atoms with Gasteiger partial charge in [-0.25, -0.2) is 8.78 Å². The van der Waals surface area contributed by atoms with E-state index in [2.05, 4.69) is 5.32 Å². The number of ether oxygens (including phenoxy) is 1. The van der Waals surface area contributed by atoms with Gasteiger partial charge in [0, 0.05) is 36.9 Å². The second-order valence-corrected chi connectivity index (χ2v) is 4.79. The number of hydrogen-bond acceptors (Lipinski definition) is 2. The van der Waals surface area contributed by atoms with Gasteiger partial charge in [0.05, 0.1) is 0 Å². The van der Waals surface area contributed by atoms with E-state index in [0.717, 1.165) is 38.5 Å². The fourth-order valence-corrected chi connectivity index (χ4v) is 2.37. The molecule has 0 bridgehead atoms. The van der Waals surface area contributed by atoms with Crippen LogP contribution in [-0.4, -0.2) is 19.3 Å². The van der Waals surface area contributed by atoms with Gasteiger partial charge in [-0.05, 0) is 32.3 Å². The van der Waals surface area contributed by atoms with E-state index in [-0.39, 0.29) is 6.04 Å². The Morgan fingerprint density at radius 1 is 1.28 bits per heavy atom.